The third-order valence-electron chi connectivity index (χ3n) is 1.86. The fraction of sp³-hybridized carbons (Fsp3) is 0.875. The van der Waals surface area contributed by atoms with Gasteiger partial charge in [0.25, 0.3) is 0 Å². The zero-order chi connectivity index (χ0) is 8.97. The molecule has 0 amide bonds. The van der Waals surface area contributed by atoms with E-state index < -0.39 is 6.10 Å². The zero-order valence-corrected chi connectivity index (χ0v) is 7.16. The van der Waals surface area contributed by atoms with Crippen LogP contribution in [0.3, 0.4) is 0 Å². The molecule has 0 aromatic rings. The standard InChI is InChI=1S/C8H14O4/c1-11-5-6(9)4-7-2-3-8(10)12-7/h6-7,9H,2-5H2,1H3/t6-,7-/m1/s1. The van der Waals surface area contributed by atoms with Crippen LogP contribution in [0.25, 0.3) is 0 Å². The van der Waals surface area contributed by atoms with Crippen molar-refractivity contribution in [3.8, 4) is 0 Å². The lowest BCUT2D eigenvalue weighted by Gasteiger charge is -2.13. The number of ether oxygens (including phenoxy) is 2. The molecule has 0 unspecified atom stereocenters. The number of hydrogen-bond donors (Lipinski definition) is 1. The molecule has 70 valence electrons. The maximum Gasteiger partial charge on any atom is 0.306 e. The van der Waals surface area contributed by atoms with Crippen LogP contribution in [0.2, 0.25) is 0 Å². The van der Waals surface area contributed by atoms with Crippen LogP contribution in [0.5, 0.6) is 0 Å². The number of rotatable bonds is 4. The van der Waals surface area contributed by atoms with E-state index in [2.05, 4.69) is 0 Å². The number of cyclic esters (lactones) is 1. The molecule has 12 heavy (non-hydrogen) atoms. The molecule has 1 fully saturated rings. The van der Waals surface area contributed by atoms with Crippen molar-refractivity contribution in [2.75, 3.05) is 13.7 Å². The number of carbonyl (C=O) groups excluding carboxylic acids is 1. The molecule has 1 aliphatic rings. The Morgan fingerprint density at radius 3 is 3.08 bits per heavy atom. The molecule has 1 aliphatic heterocycles. The Bertz CT molecular complexity index is 157. The molecule has 1 rings (SSSR count). The van der Waals surface area contributed by atoms with Gasteiger partial charge in [-0.25, -0.2) is 0 Å². The molecule has 4 heteroatoms. The van der Waals surface area contributed by atoms with Gasteiger partial charge < -0.3 is 14.6 Å². The Kier molecular flexibility index (Phi) is 3.49. The molecule has 0 bridgehead atoms. The van der Waals surface area contributed by atoms with Crippen molar-refractivity contribution in [2.24, 2.45) is 0 Å². The summed E-state index contributed by atoms with van der Waals surface area (Å²) in [6, 6.07) is 0. The molecular weight excluding hydrogens is 160 g/mol. The van der Waals surface area contributed by atoms with E-state index in [1.54, 1.807) is 0 Å². The summed E-state index contributed by atoms with van der Waals surface area (Å²) in [5.74, 6) is -0.162. The summed E-state index contributed by atoms with van der Waals surface area (Å²) in [7, 11) is 1.53. The SMILES string of the molecule is COC[C@H](O)C[C@H]1CCC(=O)O1. The molecule has 0 spiro atoms. The lowest BCUT2D eigenvalue weighted by atomic mass is 10.1. The van der Waals surface area contributed by atoms with E-state index in [0.29, 0.717) is 19.4 Å². The van der Waals surface area contributed by atoms with Gasteiger partial charge in [-0.15, -0.1) is 0 Å². The third kappa shape index (κ3) is 2.79. The molecular formula is C8H14O4. The summed E-state index contributed by atoms with van der Waals surface area (Å²) >= 11 is 0. The lowest BCUT2D eigenvalue weighted by Crippen LogP contribution is -2.21. The summed E-state index contributed by atoms with van der Waals surface area (Å²) < 4.78 is 9.67. The van der Waals surface area contributed by atoms with Crippen molar-refractivity contribution >= 4 is 5.97 Å². The maximum absolute atomic E-state index is 10.7. The monoisotopic (exact) mass is 174 g/mol. The summed E-state index contributed by atoms with van der Waals surface area (Å²) in [4.78, 5) is 10.7. The Hall–Kier alpha value is -0.610. The Morgan fingerprint density at radius 2 is 2.58 bits per heavy atom. The van der Waals surface area contributed by atoms with E-state index in [4.69, 9.17) is 9.47 Å². The van der Waals surface area contributed by atoms with Gasteiger partial charge in [0.2, 0.25) is 0 Å². The number of carbonyl (C=O) groups is 1. The molecule has 2 atom stereocenters. The van der Waals surface area contributed by atoms with Crippen molar-refractivity contribution in [2.45, 2.75) is 31.5 Å². The van der Waals surface area contributed by atoms with Gasteiger partial charge in [0, 0.05) is 20.0 Å². The summed E-state index contributed by atoms with van der Waals surface area (Å²) in [6.07, 6.45) is 1.05. The van der Waals surface area contributed by atoms with E-state index in [0.717, 1.165) is 6.42 Å². The van der Waals surface area contributed by atoms with E-state index in [1.165, 1.54) is 7.11 Å². The van der Waals surface area contributed by atoms with Crippen molar-refractivity contribution in [3.05, 3.63) is 0 Å². The minimum Gasteiger partial charge on any atom is -0.462 e. The topological polar surface area (TPSA) is 55.8 Å². The fourth-order valence-corrected chi connectivity index (χ4v) is 1.31. The quantitative estimate of drug-likeness (QED) is 0.614. The third-order valence-corrected chi connectivity index (χ3v) is 1.86. The molecule has 0 radical (unpaired) electrons. The second kappa shape index (κ2) is 4.42. The largest absolute Gasteiger partial charge is 0.462 e. The molecule has 1 heterocycles. The second-order valence-electron chi connectivity index (χ2n) is 3.00. The van der Waals surface area contributed by atoms with E-state index in [-0.39, 0.29) is 12.1 Å². The van der Waals surface area contributed by atoms with Gasteiger partial charge in [-0.3, -0.25) is 4.79 Å². The smallest absolute Gasteiger partial charge is 0.306 e. The van der Waals surface area contributed by atoms with E-state index >= 15 is 0 Å². The van der Waals surface area contributed by atoms with Gasteiger partial charge >= 0.3 is 5.97 Å². The van der Waals surface area contributed by atoms with Crippen LogP contribution in [-0.2, 0) is 14.3 Å². The Morgan fingerprint density at radius 1 is 1.83 bits per heavy atom. The Balaban J connectivity index is 2.18. The first kappa shape index (κ1) is 9.48. The summed E-state index contributed by atoms with van der Waals surface area (Å²) in [6.45, 7) is 0.300. The van der Waals surface area contributed by atoms with Crippen molar-refractivity contribution in [1.29, 1.82) is 0 Å². The predicted octanol–water partition coefficient (Wildman–Crippen LogP) is 0.0894. The molecule has 1 N–H and O–H groups in total. The molecule has 0 aromatic carbocycles. The first-order valence-electron chi connectivity index (χ1n) is 4.09. The first-order valence-corrected chi connectivity index (χ1v) is 4.09. The highest BCUT2D eigenvalue weighted by Crippen LogP contribution is 2.18. The summed E-state index contributed by atoms with van der Waals surface area (Å²) in [5, 5.41) is 9.28. The molecule has 1 saturated heterocycles. The number of aliphatic hydroxyl groups excluding tert-OH is 1. The highest BCUT2D eigenvalue weighted by molar-refractivity contribution is 5.71. The number of esters is 1. The predicted molar refractivity (Wildman–Crippen MR) is 41.6 cm³/mol. The van der Waals surface area contributed by atoms with Crippen molar-refractivity contribution in [3.63, 3.8) is 0 Å². The van der Waals surface area contributed by atoms with Crippen LogP contribution in [0.15, 0.2) is 0 Å². The van der Waals surface area contributed by atoms with Crippen molar-refractivity contribution in [1.82, 2.24) is 0 Å². The second-order valence-corrected chi connectivity index (χ2v) is 3.00. The highest BCUT2D eigenvalue weighted by atomic mass is 16.5. The van der Waals surface area contributed by atoms with Gasteiger partial charge in [-0.1, -0.05) is 0 Å². The average Bonchev–Trinajstić information content (AvgIpc) is 2.36. The molecule has 4 nitrogen and oxygen atoms in total. The molecule has 0 aliphatic carbocycles. The normalized spacial score (nSPS) is 25.5. The van der Waals surface area contributed by atoms with Gasteiger partial charge in [-0.2, -0.15) is 0 Å². The van der Waals surface area contributed by atoms with Crippen LogP contribution >= 0.6 is 0 Å². The van der Waals surface area contributed by atoms with E-state index in [9.17, 15) is 9.90 Å². The summed E-state index contributed by atoms with van der Waals surface area (Å²) in [5.41, 5.74) is 0. The van der Waals surface area contributed by atoms with Crippen LogP contribution in [-0.4, -0.2) is 37.0 Å². The highest BCUT2D eigenvalue weighted by Gasteiger charge is 2.25. The minimum atomic E-state index is -0.522. The van der Waals surface area contributed by atoms with Gasteiger partial charge in [0.15, 0.2) is 0 Å². The molecule has 0 aromatic heterocycles. The first-order chi connectivity index (χ1) is 5.72. The number of hydrogen-bond acceptors (Lipinski definition) is 4. The number of aliphatic hydroxyl groups is 1. The maximum atomic E-state index is 10.7. The lowest BCUT2D eigenvalue weighted by molar-refractivity contribution is -0.142. The Labute approximate surface area is 71.5 Å². The van der Waals surface area contributed by atoms with Gasteiger partial charge in [0.1, 0.15) is 6.10 Å². The molecule has 0 saturated carbocycles. The van der Waals surface area contributed by atoms with Gasteiger partial charge in [-0.05, 0) is 6.42 Å². The van der Waals surface area contributed by atoms with Crippen LogP contribution in [0.4, 0.5) is 0 Å². The van der Waals surface area contributed by atoms with Crippen LogP contribution < -0.4 is 0 Å². The fourth-order valence-electron chi connectivity index (χ4n) is 1.31. The van der Waals surface area contributed by atoms with Crippen LogP contribution in [0, 0.1) is 0 Å². The number of methoxy groups -OCH3 is 1. The zero-order valence-electron chi connectivity index (χ0n) is 7.16. The van der Waals surface area contributed by atoms with Crippen molar-refractivity contribution < 1.29 is 19.4 Å². The van der Waals surface area contributed by atoms with Crippen LogP contribution in [0.1, 0.15) is 19.3 Å². The average molecular weight is 174 g/mol. The van der Waals surface area contributed by atoms with Gasteiger partial charge in [0.05, 0.1) is 12.7 Å². The minimum absolute atomic E-state index is 0.109. The van der Waals surface area contributed by atoms with E-state index in [1.807, 2.05) is 0 Å².